The number of amides is 2. The molecule has 0 N–H and O–H groups in total. The Morgan fingerprint density at radius 1 is 1.24 bits per heavy atom. The molecule has 5 nitrogen and oxygen atoms in total. The highest BCUT2D eigenvalue weighted by Crippen LogP contribution is 2.27. The first kappa shape index (κ1) is 6.64. The molecule has 0 spiro atoms. The van der Waals surface area contributed by atoms with Gasteiger partial charge in [-0.25, -0.2) is 0 Å². The molecule has 92 valence electrons. The van der Waals surface area contributed by atoms with Crippen molar-refractivity contribution in [2.45, 2.75) is 6.42 Å². The Balaban J connectivity index is 3.01. The molecule has 0 atom stereocenters. The Bertz CT molecular complexity index is 549. The minimum absolute atomic E-state index is 0.0830. The Morgan fingerprint density at radius 2 is 1.94 bits per heavy atom. The summed E-state index contributed by atoms with van der Waals surface area (Å²) < 4.78 is 52.0. The summed E-state index contributed by atoms with van der Waals surface area (Å²) in [6, 6.07) is 4.04. The van der Waals surface area contributed by atoms with Crippen molar-refractivity contribution in [3.63, 3.8) is 0 Å². The van der Waals surface area contributed by atoms with E-state index in [1.807, 2.05) is 0 Å². The van der Waals surface area contributed by atoms with E-state index in [-0.39, 0.29) is 24.5 Å². The van der Waals surface area contributed by atoms with Gasteiger partial charge in [-0.2, -0.15) is 0 Å². The van der Waals surface area contributed by atoms with Crippen LogP contribution in [0.15, 0.2) is 18.2 Å². The summed E-state index contributed by atoms with van der Waals surface area (Å²) in [5, 5.41) is 0. The van der Waals surface area contributed by atoms with Gasteiger partial charge in [0.25, 0.3) is 0 Å². The van der Waals surface area contributed by atoms with Gasteiger partial charge in [0.05, 0.1) is 22.3 Å². The highest BCUT2D eigenvalue weighted by Gasteiger charge is 2.05. The van der Waals surface area contributed by atoms with Crippen molar-refractivity contribution < 1.29 is 27.3 Å². The predicted molar refractivity (Wildman–Crippen MR) is 62.1 cm³/mol. The molecular weight excluding hydrogens is 222 g/mol. The molecule has 1 aromatic carbocycles. The molecule has 0 unspecified atom stereocenters. The van der Waals surface area contributed by atoms with Crippen molar-refractivity contribution in [1.29, 1.82) is 0 Å². The largest absolute Gasteiger partial charge is 0.493 e. The molecule has 0 heterocycles. The van der Waals surface area contributed by atoms with Crippen molar-refractivity contribution >= 4 is 12.8 Å². The Labute approximate surface area is 108 Å². The van der Waals surface area contributed by atoms with Crippen LogP contribution in [0.1, 0.15) is 13.8 Å². The van der Waals surface area contributed by atoms with Crippen LogP contribution in [0.3, 0.4) is 0 Å². The third-order valence-corrected chi connectivity index (χ3v) is 2.16. The molecule has 0 bridgehead atoms. The van der Waals surface area contributed by atoms with Gasteiger partial charge in [0, 0.05) is 6.54 Å². The highest BCUT2D eigenvalue weighted by atomic mass is 16.5. The van der Waals surface area contributed by atoms with E-state index in [4.69, 9.17) is 17.7 Å². The van der Waals surface area contributed by atoms with Crippen LogP contribution in [-0.2, 0) is 16.0 Å². The van der Waals surface area contributed by atoms with E-state index >= 15 is 0 Å². The Kier molecular flexibility index (Phi) is 2.55. The zero-order chi connectivity index (χ0) is 17.7. The van der Waals surface area contributed by atoms with Gasteiger partial charge >= 0.3 is 0 Å². The topological polar surface area (TPSA) is 55.8 Å². The van der Waals surface area contributed by atoms with Gasteiger partial charge in [-0.3, -0.25) is 14.5 Å². The van der Waals surface area contributed by atoms with E-state index < -0.39 is 14.1 Å². The van der Waals surface area contributed by atoms with E-state index in [1.165, 1.54) is 18.2 Å². The van der Waals surface area contributed by atoms with Crippen molar-refractivity contribution in [2.24, 2.45) is 0 Å². The van der Waals surface area contributed by atoms with Gasteiger partial charge < -0.3 is 9.47 Å². The minimum Gasteiger partial charge on any atom is -0.493 e. The summed E-state index contributed by atoms with van der Waals surface area (Å²) in [5.74, 6) is -0.505. The molecule has 0 aliphatic carbocycles. The van der Waals surface area contributed by atoms with E-state index in [9.17, 15) is 9.59 Å². The van der Waals surface area contributed by atoms with Crippen molar-refractivity contribution in [3.05, 3.63) is 23.8 Å². The lowest BCUT2D eigenvalue weighted by Crippen LogP contribution is -2.22. The molecule has 0 saturated carbocycles. The highest BCUT2D eigenvalue weighted by molar-refractivity contribution is 5.68. The fourth-order valence-electron chi connectivity index (χ4n) is 1.26. The van der Waals surface area contributed by atoms with Gasteiger partial charge in [0.2, 0.25) is 12.8 Å². The summed E-state index contributed by atoms with van der Waals surface area (Å²) in [4.78, 5) is 21.9. The molecule has 0 aliphatic rings. The first-order chi connectivity index (χ1) is 10.5. The number of ether oxygens (including phenoxy) is 2. The van der Waals surface area contributed by atoms with Crippen LogP contribution in [0.25, 0.3) is 0 Å². The smallest absolute Gasteiger partial charge is 0.216 e. The monoisotopic (exact) mass is 243 g/mol. The molecule has 1 aromatic rings. The maximum atomic E-state index is 10.5. The number of hydrogen-bond donors (Lipinski definition) is 0. The average molecular weight is 243 g/mol. The Morgan fingerprint density at radius 3 is 2.59 bits per heavy atom. The molecular formula is C12H15NO4. The van der Waals surface area contributed by atoms with Crippen molar-refractivity contribution in [3.8, 4) is 11.5 Å². The average Bonchev–Trinajstić information content (AvgIpc) is 2.39. The fourth-order valence-corrected chi connectivity index (χ4v) is 1.26. The van der Waals surface area contributed by atoms with E-state index in [0.29, 0.717) is 18.4 Å². The summed E-state index contributed by atoms with van der Waals surface area (Å²) in [7, 11) is -5.55. The molecule has 2 amide bonds. The third-order valence-electron chi connectivity index (χ3n) is 2.16. The molecule has 0 radical (unpaired) electrons. The van der Waals surface area contributed by atoms with Crippen molar-refractivity contribution in [2.75, 3.05) is 20.6 Å². The third kappa shape index (κ3) is 3.48. The molecule has 0 aromatic heterocycles. The molecule has 0 saturated heterocycles. The standard InChI is InChI=1S/C12H15NO4/c1-16-11-4-3-10(7-12(11)17-2)5-6-13(8-14)9-15/h3-4,7-9H,5-6H2,1-2H3/i1D3,2D3. The number of carbonyl (C=O) groups excluding carboxylic acids is 2. The van der Waals surface area contributed by atoms with Gasteiger partial charge in [-0.1, -0.05) is 6.07 Å². The van der Waals surface area contributed by atoms with Gasteiger partial charge in [0.1, 0.15) is 0 Å². The summed E-state index contributed by atoms with van der Waals surface area (Å²) in [6.07, 6.45) is 0.959. The lowest BCUT2D eigenvalue weighted by atomic mass is 10.1. The van der Waals surface area contributed by atoms with Crippen LogP contribution in [0.2, 0.25) is 0 Å². The molecule has 1 rings (SSSR count). The van der Waals surface area contributed by atoms with E-state index in [0.717, 1.165) is 4.90 Å². The molecule has 5 heteroatoms. The fraction of sp³-hybridized carbons (Fsp3) is 0.333. The number of nitrogens with zero attached hydrogens (tertiary/aromatic N) is 1. The summed E-state index contributed by atoms with van der Waals surface area (Å²) in [6.45, 7) is 0.0830. The van der Waals surface area contributed by atoms with Crippen LogP contribution in [0.5, 0.6) is 11.5 Å². The van der Waals surface area contributed by atoms with E-state index in [2.05, 4.69) is 0 Å². The normalized spacial score (nSPS) is 16.2. The van der Waals surface area contributed by atoms with Crippen LogP contribution in [0.4, 0.5) is 0 Å². The van der Waals surface area contributed by atoms with Gasteiger partial charge in [0.15, 0.2) is 11.5 Å². The SMILES string of the molecule is [2H]C([2H])([2H])Oc1ccc(CCN(C=O)C=O)cc1OC([2H])([2H])[2H]. The second-order valence-corrected chi connectivity index (χ2v) is 3.18. The zero-order valence-corrected chi connectivity index (χ0v) is 8.88. The molecule has 0 fully saturated rings. The lowest BCUT2D eigenvalue weighted by Gasteiger charge is -2.11. The second-order valence-electron chi connectivity index (χ2n) is 3.18. The van der Waals surface area contributed by atoms with Gasteiger partial charge in [-0.15, -0.1) is 0 Å². The number of hydrogen-bond acceptors (Lipinski definition) is 4. The van der Waals surface area contributed by atoms with Gasteiger partial charge in [-0.05, 0) is 24.1 Å². The number of carbonyl (C=O) groups is 2. The maximum absolute atomic E-state index is 10.5. The first-order valence-corrected chi connectivity index (χ1v) is 4.71. The maximum Gasteiger partial charge on any atom is 0.216 e. The summed E-state index contributed by atoms with van der Waals surface area (Å²) >= 11 is 0. The second kappa shape index (κ2) is 6.52. The quantitative estimate of drug-likeness (QED) is 0.666. The Hall–Kier alpha value is -2.04. The first-order valence-electron chi connectivity index (χ1n) is 7.71. The summed E-state index contributed by atoms with van der Waals surface area (Å²) in [5.41, 5.74) is 0.538. The molecule has 17 heavy (non-hydrogen) atoms. The number of imide groups is 1. The molecule has 0 aliphatic heterocycles. The zero-order valence-electron chi connectivity index (χ0n) is 14.9. The number of rotatable bonds is 7. The van der Waals surface area contributed by atoms with Crippen LogP contribution in [-0.4, -0.2) is 38.3 Å². The van der Waals surface area contributed by atoms with Crippen LogP contribution < -0.4 is 9.47 Å². The lowest BCUT2D eigenvalue weighted by molar-refractivity contribution is -0.129. The number of benzene rings is 1. The van der Waals surface area contributed by atoms with E-state index in [1.54, 1.807) is 0 Å². The number of methoxy groups -OCH3 is 2. The van der Waals surface area contributed by atoms with Crippen LogP contribution >= 0.6 is 0 Å². The predicted octanol–water partition coefficient (Wildman–Crippen LogP) is 0.861. The van der Waals surface area contributed by atoms with Crippen molar-refractivity contribution in [1.82, 2.24) is 4.90 Å². The van der Waals surface area contributed by atoms with Crippen LogP contribution in [0, 0.1) is 0 Å². The minimum atomic E-state index is -2.79.